The van der Waals surface area contributed by atoms with E-state index in [1.54, 1.807) is 24.4 Å². The third kappa shape index (κ3) is 3.23. The number of aliphatic hydroxyl groups is 1. The highest BCUT2D eigenvalue weighted by molar-refractivity contribution is 6.44. The van der Waals surface area contributed by atoms with E-state index in [1.807, 2.05) is 0 Å². The van der Waals surface area contributed by atoms with Crippen molar-refractivity contribution in [2.45, 2.75) is 6.42 Å². The number of hydrogen-bond donors (Lipinski definition) is 3. The summed E-state index contributed by atoms with van der Waals surface area (Å²) in [4.78, 5) is 27.2. The number of nitrogens with zero attached hydrogens (tertiary/aromatic N) is 3. The lowest BCUT2D eigenvalue weighted by Gasteiger charge is -2.06. The molecule has 1 atom stereocenters. The SMILES string of the molecule is O=C(NN=Cc1ccccn1)C1=NNC(=O)C1CCO. The van der Waals surface area contributed by atoms with E-state index in [0.717, 1.165) is 0 Å². The van der Waals surface area contributed by atoms with E-state index in [2.05, 4.69) is 26.0 Å². The van der Waals surface area contributed by atoms with Gasteiger partial charge in [-0.2, -0.15) is 10.2 Å². The first-order valence-corrected chi connectivity index (χ1v) is 5.95. The van der Waals surface area contributed by atoms with Gasteiger partial charge in [0, 0.05) is 12.8 Å². The van der Waals surface area contributed by atoms with Crippen molar-refractivity contribution in [2.24, 2.45) is 16.1 Å². The Balaban J connectivity index is 1.95. The Hall–Kier alpha value is -2.61. The van der Waals surface area contributed by atoms with Gasteiger partial charge in [0.2, 0.25) is 5.91 Å². The topological polar surface area (TPSA) is 116 Å². The summed E-state index contributed by atoms with van der Waals surface area (Å²) in [7, 11) is 0. The van der Waals surface area contributed by atoms with Crippen molar-refractivity contribution in [3.63, 3.8) is 0 Å². The van der Waals surface area contributed by atoms with Crippen molar-refractivity contribution in [2.75, 3.05) is 6.61 Å². The Bertz CT molecular complexity index is 555. The first-order chi connectivity index (χ1) is 9.72. The van der Waals surface area contributed by atoms with E-state index in [-0.39, 0.29) is 18.7 Å². The molecular formula is C12H13N5O3. The molecule has 1 unspecified atom stereocenters. The van der Waals surface area contributed by atoms with Crippen LogP contribution in [0.15, 0.2) is 34.6 Å². The summed E-state index contributed by atoms with van der Waals surface area (Å²) in [6.45, 7) is -0.207. The van der Waals surface area contributed by atoms with Crippen LogP contribution in [0.4, 0.5) is 0 Å². The quantitative estimate of drug-likeness (QED) is 0.473. The number of hydrazone groups is 2. The molecule has 0 aromatic carbocycles. The lowest BCUT2D eigenvalue weighted by atomic mass is 10.00. The minimum Gasteiger partial charge on any atom is -0.396 e. The van der Waals surface area contributed by atoms with E-state index < -0.39 is 17.7 Å². The normalized spacial score (nSPS) is 17.9. The second kappa shape index (κ2) is 6.53. The Kier molecular flexibility index (Phi) is 4.51. The molecule has 2 rings (SSSR count). The van der Waals surface area contributed by atoms with Gasteiger partial charge in [-0.05, 0) is 18.6 Å². The van der Waals surface area contributed by atoms with Crippen molar-refractivity contribution in [3.8, 4) is 0 Å². The molecule has 2 amide bonds. The third-order valence-electron chi connectivity index (χ3n) is 2.63. The van der Waals surface area contributed by atoms with E-state index in [1.165, 1.54) is 6.21 Å². The molecule has 0 saturated carbocycles. The highest BCUT2D eigenvalue weighted by atomic mass is 16.3. The summed E-state index contributed by atoms with van der Waals surface area (Å²) >= 11 is 0. The number of pyridine rings is 1. The van der Waals surface area contributed by atoms with Crippen LogP contribution in [-0.4, -0.2) is 40.4 Å². The van der Waals surface area contributed by atoms with Gasteiger partial charge >= 0.3 is 0 Å². The van der Waals surface area contributed by atoms with Crippen LogP contribution in [0.2, 0.25) is 0 Å². The van der Waals surface area contributed by atoms with Crippen LogP contribution in [0.1, 0.15) is 12.1 Å². The van der Waals surface area contributed by atoms with Crippen LogP contribution in [-0.2, 0) is 9.59 Å². The summed E-state index contributed by atoms with van der Waals surface area (Å²) in [5, 5.41) is 16.2. The summed E-state index contributed by atoms with van der Waals surface area (Å²) < 4.78 is 0. The summed E-state index contributed by atoms with van der Waals surface area (Å²) in [5.41, 5.74) is 5.08. The van der Waals surface area contributed by atoms with Crippen molar-refractivity contribution >= 4 is 23.7 Å². The van der Waals surface area contributed by atoms with E-state index in [0.29, 0.717) is 5.69 Å². The average Bonchev–Trinajstić information content (AvgIpc) is 2.82. The van der Waals surface area contributed by atoms with Crippen LogP contribution in [0.3, 0.4) is 0 Å². The van der Waals surface area contributed by atoms with Gasteiger partial charge in [0.1, 0.15) is 5.71 Å². The molecule has 0 radical (unpaired) electrons. The van der Waals surface area contributed by atoms with Gasteiger partial charge in [0.05, 0.1) is 17.8 Å². The maximum Gasteiger partial charge on any atom is 0.288 e. The molecule has 8 heteroatoms. The van der Waals surface area contributed by atoms with Crippen LogP contribution < -0.4 is 10.9 Å². The predicted molar refractivity (Wildman–Crippen MR) is 70.7 cm³/mol. The summed E-state index contributed by atoms with van der Waals surface area (Å²) in [6, 6.07) is 5.28. The van der Waals surface area contributed by atoms with Crippen LogP contribution in [0, 0.1) is 5.92 Å². The monoisotopic (exact) mass is 275 g/mol. The number of nitrogens with one attached hydrogen (secondary N) is 2. The summed E-state index contributed by atoms with van der Waals surface area (Å²) in [5.74, 6) is -1.74. The van der Waals surface area contributed by atoms with Crippen molar-refractivity contribution in [3.05, 3.63) is 30.1 Å². The van der Waals surface area contributed by atoms with E-state index in [9.17, 15) is 9.59 Å². The molecule has 104 valence electrons. The van der Waals surface area contributed by atoms with Gasteiger partial charge in [0.15, 0.2) is 0 Å². The Morgan fingerprint density at radius 1 is 1.55 bits per heavy atom. The molecule has 1 aromatic heterocycles. The third-order valence-corrected chi connectivity index (χ3v) is 2.63. The highest BCUT2D eigenvalue weighted by Crippen LogP contribution is 2.11. The smallest absolute Gasteiger partial charge is 0.288 e. The summed E-state index contributed by atoms with van der Waals surface area (Å²) in [6.07, 6.45) is 3.12. The van der Waals surface area contributed by atoms with Gasteiger partial charge < -0.3 is 5.11 Å². The van der Waals surface area contributed by atoms with Gasteiger partial charge in [-0.1, -0.05) is 6.07 Å². The zero-order chi connectivity index (χ0) is 14.4. The molecule has 0 aliphatic carbocycles. The van der Waals surface area contributed by atoms with Crippen LogP contribution >= 0.6 is 0 Å². The minimum atomic E-state index is -0.745. The minimum absolute atomic E-state index is 0.0159. The molecule has 0 spiro atoms. The molecule has 2 heterocycles. The van der Waals surface area contributed by atoms with Gasteiger partial charge in [-0.15, -0.1) is 0 Å². The van der Waals surface area contributed by atoms with Crippen molar-refractivity contribution in [1.29, 1.82) is 0 Å². The maximum atomic E-state index is 11.8. The first-order valence-electron chi connectivity index (χ1n) is 5.95. The van der Waals surface area contributed by atoms with Crippen LogP contribution in [0.5, 0.6) is 0 Å². The Morgan fingerprint density at radius 3 is 3.10 bits per heavy atom. The van der Waals surface area contributed by atoms with Gasteiger partial charge in [-0.3, -0.25) is 14.6 Å². The fourth-order valence-corrected chi connectivity index (χ4v) is 1.67. The predicted octanol–water partition coefficient (Wildman–Crippen LogP) is -0.984. The second-order valence-corrected chi connectivity index (χ2v) is 3.99. The molecule has 1 aliphatic rings. The standard InChI is InChI=1S/C12H13N5O3/c18-6-4-9-10(15-17-11(9)19)12(20)16-14-7-8-3-1-2-5-13-8/h1-3,5,7,9,18H,4,6H2,(H,16,20)(H,17,19). The maximum absolute atomic E-state index is 11.8. The zero-order valence-electron chi connectivity index (χ0n) is 10.5. The first kappa shape index (κ1) is 13.8. The number of carbonyl (C=O) groups is 2. The molecule has 0 bridgehead atoms. The lowest BCUT2D eigenvalue weighted by molar-refractivity contribution is -0.123. The second-order valence-electron chi connectivity index (χ2n) is 3.99. The van der Waals surface area contributed by atoms with Gasteiger partial charge in [0.25, 0.3) is 5.91 Å². The molecule has 1 aromatic rings. The Labute approximate surface area is 114 Å². The zero-order valence-corrected chi connectivity index (χ0v) is 10.5. The van der Waals surface area contributed by atoms with E-state index >= 15 is 0 Å². The fourth-order valence-electron chi connectivity index (χ4n) is 1.67. The number of rotatable bonds is 5. The lowest BCUT2D eigenvalue weighted by Crippen LogP contribution is -2.34. The number of aromatic nitrogens is 1. The molecule has 0 fully saturated rings. The molecule has 3 N–H and O–H groups in total. The number of hydrogen-bond acceptors (Lipinski definition) is 6. The van der Waals surface area contributed by atoms with Crippen molar-refractivity contribution in [1.82, 2.24) is 15.8 Å². The molecule has 1 aliphatic heterocycles. The number of carbonyl (C=O) groups excluding carboxylic acids is 2. The van der Waals surface area contributed by atoms with Gasteiger partial charge in [-0.25, -0.2) is 10.9 Å². The number of amides is 2. The molecule has 0 saturated heterocycles. The van der Waals surface area contributed by atoms with Crippen LogP contribution in [0.25, 0.3) is 0 Å². The van der Waals surface area contributed by atoms with E-state index in [4.69, 9.17) is 5.11 Å². The highest BCUT2D eigenvalue weighted by Gasteiger charge is 2.33. The largest absolute Gasteiger partial charge is 0.396 e. The Morgan fingerprint density at radius 2 is 2.40 bits per heavy atom. The van der Waals surface area contributed by atoms with Crippen molar-refractivity contribution < 1.29 is 14.7 Å². The number of aliphatic hydroxyl groups excluding tert-OH is 1. The molecular weight excluding hydrogens is 262 g/mol. The molecule has 8 nitrogen and oxygen atoms in total. The molecule has 20 heavy (non-hydrogen) atoms. The fraction of sp³-hybridized carbons (Fsp3) is 0.250. The average molecular weight is 275 g/mol.